The monoisotopic (exact) mass is 641 g/mol. The molecule has 5 aromatic rings. The highest BCUT2D eigenvalue weighted by Gasteiger charge is 2.53. The highest BCUT2D eigenvalue weighted by molar-refractivity contribution is 8.03. The maximum atomic E-state index is 13.8. The number of benzene rings is 5. The molecule has 0 aliphatic carbocycles. The largest absolute Gasteiger partial charge is 0.464 e. The molecule has 8 nitrogen and oxygen atoms in total. The predicted octanol–water partition coefficient (Wildman–Crippen LogP) is 1.20. The van der Waals surface area contributed by atoms with E-state index in [0.29, 0.717) is 10.9 Å². The molecule has 5 aromatic carbocycles. The Bertz CT molecular complexity index is 1610. The van der Waals surface area contributed by atoms with Crippen LogP contribution >= 0.6 is 7.26 Å². The van der Waals surface area contributed by atoms with Gasteiger partial charge in [-0.3, -0.25) is 4.79 Å². The molecule has 1 amide bonds. The van der Waals surface area contributed by atoms with E-state index < -0.39 is 23.5 Å². The lowest BCUT2D eigenvalue weighted by atomic mass is 10.1. The molecule has 0 saturated carbocycles. The summed E-state index contributed by atoms with van der Waals surface area (Å²) in [6.07, 6.45) is 0. The summed E-state index contributed by atoms with van der Waals surface area (Å²) in [5.41, 5.74) is 1.38. The summed E-state index contributed by atoms with van der Waals surface area (Å²) in [6.45, 7) is 0. The van der Waals surface area contributed by atoms with Gasteiger partial charge in [0.05, 0.1) is 7.11 Å². The zero-order valence-electron chi connectivity index (χ0n) is 24.1. The minimum Gasteiger partial charge on any atom is -0.464 e. The molecular formula is C35H29ClNO7P. The van der Waals surface area contributed by atoms with E-state index in [9.17, 15) is 9.59 Å². The van der Waals surface area contributed by atoms with Crippen LogP contribution in [-0.2, 0) is 9.53 Å². The first kappa shape index (κ1) is 33.2. The van der Waals surface area contributed by atoms with Gasteiger partial charge < -0.3 is 10.1 Å². The molecule has 0 aliphatic heterocycles. The van der Waals surface area contributed by atoms with Gasteiger partial charge in [-0.1, -0.05) is 103 Å². The van der Waals surface area contributed by atoms with Gasteiger partial charge in [0.2, 0.25) is 0 Å². The lowest BCUT2D eigenvalue weighted by Crippen LogP contribution is -2.68. The summed E-state index contributed by atoms with van der Waals surface area (Å²) in [6, 6.07) is 49.3. The fourth-order valence-electron chi connectivity index (χ4n) is 4.98. The van der Waals surface area contributed by atoms with Gasteiger partial charge in [0, 0.05) is 11.1 Å². The van der Waals surface area contributed by atoms with Crippen LogP contribution in [0.15, 0.2) is 157 Å². The van der Waals surface area contributed by atoms with Crippen molar-refractivity contribution in [3.05, 3.63) is 168 Å². The summed E-state index contributed by atoms with van der Waals surface area (Å²) >= 11 is 0. The fraction of sp³-hybridized carbons (Fsp3) is 0.0286. The summed E-state index contributed by atoms with van der Waals surface area (Å²) in [5, 5.41) is 6.84. The number of nitrogens with one attached hydrogen (secondary N) is 1. The van der Waals surface area contributed by atoms with Crippen molar-refractivity contribution in [2.45, 2.75) is 0 Å². The Hall–Kier alpha value is -4.66. The maximum absolute atomic E-state index is 13.8. The first-order valence-electron chi connectivity index (χ1n) is 13.6. The Kier molecular flexibility index (Phi) is 11.4. The molecule has 1 N–H and O–H groups in total. The van der Waals surface area contributed by atoms with Crippen LogP contribution in [0, 0.1) is 10.2 Å². The Morgan fingerprint density at radius 1 is 0.556 bits per heavy atom. The van der Waals surface area contributed by atoms with E-state index in [1.54, 1.807) is 24.3 Å². The Morgan fingerprint density at radius 3 is 1.20 bits per heavy atom. The van der Waals surface area contributed by atoms with Crippen molar-refractivity contribution in [3.8, 4) is 0 Å². The second-order valence-electron chi connectivity index (χ2n) is 9.46. The molecule has 0 spiro atoms. The minimum atomic E-state index is -4.94. The molecular weight excluding hydrogens is 613 g/mol. The number of ether oxygens (including phenoxy) is 1. The van der Waals surface area contributed by atoms with Gasteiger partial charge in [-0.25, -0.2) is 23.4 Å². The molecule has 0 saturated heterocycles. The van der Waals surface area contributed by atoms with Gasteiger partial charge in [-0.2, -0.15) is 0 Å². The van der Waals surface area contributed by atoms with E-state index in [1.165, 1.54) is 7.11 Å². The number of hydrogen-bond donors (Lipinski definition) is 1. The van der Waals surface area contributed by atoms with Gasteiger partial charge in [0.15, 0.2) is 5.70 Å². The second-order valence-corrected chi connectivity index (χ2v) is 13.6. The van der Waals surface area contributed by atoms with Crippen LogP contribution in [0.4, 0.5) is 0 Å². The summed E-state index contributed by atoms with van der Waals surface area (Å²) in [5.74, 6) is -1.00. The van der Waals surface area contributed by atoms with E-state index in [0.717, 1.165) is 21.5 Å². The van der Waals surface area contributed by atoms with E-state index in [2.05, 4.69) is 41.7 Å². The van der Waals surface area contributed by atoms with Crippen molar-refractivity contribution in [1.82, 2.24) is 5.32 Å². The summed E-state index contributed by atoms with van der Waals surface area (Å²) in [4.78, 5) is 27.4. The molecule has 0 bridgehead atoms. The maximum Gasteiger partial charge on any atom is 0.358 e. The van der Waals surface area contributed by atoms with E-state index in [4.69, 9.17) is 23.4 Å². The summed E-state index contributed by atoms with van der Waals surface area (Å²) < 4.78 is 39.3. The van der Waals surface area contributed by atoms with E-state index >= 15 is 0 Å². The van der Waals surface area contributed by atoms with Crippen molar-refractivity contribution in [3.63, 3.8) is 0 Å². The van der Waals surface area contributed by atoms with Crippen LogP contribution in [0.1, 0.15) is 15.9 Å². The number of hydrogen-bond acceptors (Lipinski definition) is 7. The smallest absolute Gasteiger partial charge is 0.358 e. The van der Waals surface area contributed by atoms with Crippen molar-refractivity contribution in [2.75, 3.05) is 7.11 Å². The van der Waals surface area contributed by atoms with E-state index in [-0.39, 0.29) is 11.6 Å². The van der Waals surface area contributed by atoms with Gasteiger partial charge >= 0.3 is 5.97 Å². The Labute approximate surface area is 264 Å². The zero-order chi connectivity index (χ0) is 32.3. The topological polar surface area (TPSA) is 148 Å². The molecule has 0 aromatic heterocycles. The molecule has 228 valence electrons. The van der Waals surface area contributed by atoms with Crippen LogP contribution in [-0.4, -0.2) is 19.0 Å². The van der Waals surface area contributed by atoms with Crippen LogP contribution < -0.4 is 39.9 Å². The van der Waals surface area contributed by atoms with Gasteiger partial charge in [-0.15, -0.1) is 10.2 Å². The number of methoxy groups -OCH3 is 1. The van der Waals surface area contributed by atoms with Crippen LogP contribution in [0.25, 0.3) is 5.31 Å². The first-order chi connectivity index (χ1) is 21.7. The normalized spacial score (nSPS) is 11.8. The molecule has 0 fully saturated rings. The third-order valence-corrected chi connectivity index (χ3v) is 11.1. The molecule has 45 heavy (non-hydrogen) atoms. The summed E-state index contributed by atoms with van der Waals surface area (Å²) in [7, 11) is -6.40. The van der Waals surface area contributed by atoms with Crippen LogP contribution in [0.3, 0.4) is 0 Å². The number of rotatable bonds is 8. The lowest BCUT2D eigenvalue weighted by Gasteiger charge is -2.31. The number of carbonyl (C=O) groups is 2. The molecule has 0 radical (unpaired) electrons. The van der Waals surface area contributed by atoms with Crippen molar-refractivity contribution in [2.24, 2.45) is 0 Å². The minimum absolute atomic E-state index is 0.118. The van der Waals surface area contributed by atoms with Crippen molar-refractivity contribution in [1.29, 1.82) is 0 Å². The standard InChI is InChI=1S/C35H28NO3P.ClHO4/c1-39-35(38)32(36-34(37)28-19-9-3-10-20-28)33(27-17-7-2-8-18-27)40(29-21-11-4-12-22-29,30-23-13-5-14-24-30)31-25-15-6-16-26-31;2-1(3,4)5/h2-26H,1H3;(H,2,3,4,5)/b33-32-;. The predicted molar refractivity (Wildman–Crippen MR) is 164 cm³/mol. The van der Waals surface area contributed by atoms with Gasteiger partial charge in [0.1, 0.15) is 28.5 Å². The second kappa shape index (κ2) is 15.4. The number of amides is 1. The fourth-order valence-corrected chi connectivity index (χ4v) is 9.52. The quantitative estimate of drug-likeness (QED) is 0.152. The average Bonchev–Trinajstić information content (AvgIpc) is 3.07. The first-order valence-corrected chi connectivity index (χ1v) is 16.6. The molecule has 0 heterocycles. The van der Waals surface area contributed by atoms with Crippen LogP contribution in [0.5, 0.6) is 0 Å². The van der Waals surface area contributed by atoms with Crippen molar-refractivity contribution < 1.29 is 43.2 Å². The zero-order valence-corrected chi connectivity index (χ0v) is 25.8. The molecule has 0 aliphatic rings. The number of halogens is 1. The Morgan fingerprint density at radius 2 is 0.867 bits per heavy atom. The molecule has 0 atom stereocenters. The molecule has 5 rings (SSSR count). The third-order valence-electron chi connectivity index (χ3n) is 6.71. The highest BCUT2D eigenvalue weighted by Crippen LogP contribution is 2.67. The Balaban J connectivity index is 0.000000854. The molecule has 0 unspecified atom stereocenters. The number of esters is 1. The number of carbonyl (C=O) groups excluding carboxylic acids is 2. The van der Waals surface area contributed by atoms with Crippen LogP contribution in [0.2, 0.25) is 0 Å². The molecule has 10 heteroatoms. The van der Waals surface area contributed by atoms with Crippen molar-refractivity contribution >= 4 is 40.4 Å². The third kappa shape index (κ3) is 8.29. The van der Waals surface area contributed by atoms with Gasteiger partial charge in [-0.05, 0) is 48.5 Å². The van der Waals surface area contributed by atoms with Gasteiger partial charge in [0.25, 0.3) is 5.91 Å². The highest BCUT2D eigenvalue weighted by atomic mass is 35.7. The van der Waals surface area contributed by atoms with E-state index in [1.807, 2.05) is 91.0 Å². The average molecular weight is 642 g/mol. The lowest BCUT2D eigenvalue weighted by molar-refractivity contribution is -2.00. The SMILES string of the molecule is COC(=O)/C(NC(=O)c1ccccc1)=C(\c1ccccc1)[P+](c1ccccc1)(c1ccccc1)c1ccccc1.[O-][Cl+3]([O-])([O-])[O-].